The van der Waals surface area contributed by atoms with Gasteiger partial charge in [-0.05, 0) is 34.1 Å². The second-order valence-corrected chi connectivity index (χ2v) is 4.86. The van der Waals surface area contributed by atoms with Crippen LogP contribution in [0.15, 0.2) is 34.8 Å². The molecule has 84 valence electrons. The molecule has 0 unspecified atom stereocenters. The quantitative estimate of drug-likeness (QED) is 0.641. The fourth-order valence-corrected chi connectivity index (χ4v) is 2.53. The first-order valence-electron chi connectivity index (χ1n) is 4.90. The average molecular weight is 310 g/mol. The van der Waals surface area contributed by atoms with Gasteiger partial charge in [-0.2, -0.15) is 0 Å². The van der Waals surface area contributed by atoms with E-state index in [1.54, 1.807) is 6.07 Å². The molecule has 0 aliphatic rings. The number of para-hydroxylation sites is 2. The molecule has 1 N–H and O–H groups in total. The molecule has 0 aliphatic heterocycles. The first-order chi connectivity index (χ1) is 8.16. The molecule has 2 aromatic carbocycles. The Hall–Kier alpha value is -1.39. The third kappa shape index (κ3) is 1.64. The van der Waals surface area contributed by atoms with Crippen molar-refractivity contribution in [1.82, 2.24) is 9.97 Å². The summed E-state index contributed by atoms with van der Waals surface area (Å²) in [4.78, 5) is 8.82. The number of hydrogen-bond acceptors (Lipinski definition) is 3. The van der Waals surface area contributed by atoms with E-state index < -0.39 is 0 Å². The predicted molar refractivity (Wildman–Crippen MR) is 71.4 cm³/mol. The van der Waals surface area contributed by atoms with Gasteiger partial charge >= 0.3 is 0 Å². The van der Waals surface area contributed by atoms with Gasteiger partial charge in [-0.25, -0.2) is 9.97 Å². The van der Waals surface area contributed by atoms with Gasteiger partial charge in [0.2, 0.25) is 0 Å². The van der Waals surface area contributed by atoms with E-state index >= 15 is 0 Å². The van der Waals surface area contributed by atoms with Gasteiger partial charge in [0.1, 0.15) is 11.0 Å². The van der Waals surface area contributed by atoms with Crippen LogP contribution in [-0.4, -0.2) is 15.1 Å². The highest BCUT2D eigenvalue weighted by Gasteiger charge is 2.12. The van der Waals surface area contributed by atoms with Gasteiger partial charge in [0.05, 0.1) is 16.1 Å². The third-order valence-electron chi connectivity index (χ3n) is 2.50. The van der Waals surface area contributed by atoms with Crippen molar-refractivity contribution >= 4 is 49.6 Å². The molecule has 3 rings (SSSR count). The molecule has 0 radical (unpaired) electrons. The van der Waals surface area contributed by atoms with Crippen molar-refractivity contribution in [2.75, 3.05) is 0 Å². The second kappa shape index (κ2) is 3.82. The number of nitrogens with zero attached hydrogens (tertiary/aromatic N) is 2. The molecule has 0 saturated carbocycles. The van der Waals surface area contributed by atoms with Crippen LogP contribution in [0.3, 0.4) is 0 Å². The minimum absolute atomic E-state index is 0.0388. The topological polar surface area (TPSA) is 46.0 Å². The summed E-state index contributed by atoms with van der Waals surface area (Å²) < 4.78 is 0.716. The number of benzene rings is 2. The molecule has 0 saturated heterocycles. The predicted octanol–water partition coefficient (Wildman–Crippen LogP) is 3.90. The Morgan fingerprint density at radius 1 is 1.06 bits per heavy atom. The van der Waals surface area contributed by atoms with Gasteiger partial charge in [0.15, 0.2) is 5.75 Å². The van der Waals surface area contributed by atoms with Crippen LogP contribution < -0.4 is 0 Å². The highest BCUT2D eigenvalue weighted by atomic mass is 79.9. The Morgan fingerprint density at radius 3 is 2.29 bits per heavy atom. The van der Waals surface area contributed by atoms with Crippen molar-refractivity contribution in [2.24, 2.45) is 0 Å². The molecule has 0 spiro atoms. The number of aromatic nitrogens is 2. The van der Waals surface area contributed by atoms with E-state index in [0.29, 0.717) is 15.5 Å². The minimum atomic E-state index is -0.0388. The van der Waals surface area contributed by atoms with Crippen LogP contribution in [0.4, 0.5) is 0 Å². The van der Waals surface area contributed by atoms with Crippen molar-refractivity contribution in [1.29, 1.82) is 0 Å². The lowest BCUT2D eigenvalue weighted by Gasteiger charge is -2.05. The molecule has 0 amide bonds. The first-order valence-corrected chi connectivity index (χ1v) is 6.07. The Balaban J connectivity index is 2.56. The van der Waals surface area contributed by atoms with Crippen LogP contribution in [0.25, 0.3) is 22.1 Å². The summed E-state index contributed by atoms with van der Waals surface area (Å²) in [6.07, 6.45) is 0. The molecule has 1 heterocycles. The van der Waals surface area contributed by atoms with Crippen LogP contribution in [0.2, 0.25) is 5.02 Å². The normalized spacial score (nSPS) is 11.2. The lowest BCUT2D eigenvalue weighted by atomic mass is 10.2. The number of fused-ring (bicyclic) bond motifs is 2. The highest BCUT2D eigenvalue weighted by molar-refractivity contribution is 9.10. The largest absolute Gasteiger partial charge is 0.504 e. The molecule has 0 fully saturated rings. The molecule has 0 atom stereocenters. The standard InChI is InChI=1S/C12H6BrClN2O/c13-6-5-7(14)12(17)11-10(6)15-8-3-1-2-4-9(8)16-11/h1-5,17H. The molecule has 1 aromatic heterocycles. The number of halogens is 2. The van der Waals surface area contributed by atoms with Crippen molar-refractivity contribution < 1.29 is 5.11 Å². The summed E-state index contributed by atoms with van der Waals surface area (Å²) in [6, 6.07) is 9.10. The number of phenolic OH excluding ortho intramolecular Hbond substituents is 1. The highest BCUT2D eigenvalue weighted by Crippen LogP contribution is 2.36. The van der Waals surface area contributed by atoms with E-state index in [0.717, 1.165) is 11.0 Å². The zero-order valence-electron chi connectivity index (χ0n) is 8.48. The maximum absolute atomic E-state index is 9.89. The second-order valence-electron chi connectivity index (χ2n) is 3.60. The van der Waals surface area contributed by atoms with E-state index in [1.165, 1.54) is 0 Å². The summed E-state index contributed by atoms with van der Waals surface area (Å²) in [5.41, 5.74) is 2.51. The summed E-state index contributed by atoms with van der Waals surface area (Å²) >= 11 is 9.27. The third-order valence-corrected chi connectivity index (χ3v) is 3.39. The van der Waals surface area contributed by atoms with E-state index in [2.05, 4.69) is 25.9 Å². The average Bonchev–Trinajstić information content (AvgIpc) is 2.34. The molecular formula is C12H6BrClN2O. The fourth-order valence-electron chi connectivity index (χ4n) is 1.69. The Kier molecular flexibility index (Phi) is 2.42. The van der Waals surface area contributed by atoms with Gasteiger partial charge < -0.3 is 5.11 Å². The molecule has 3 nitrogen and oxygen atoms in total. The van der Waals surface area contributed by atoms with Crippen LogP contribution in [0.5, 0.6) is 5.75 Å². The number of aromatic hydroxyl groups is 1. The van der Waals surface area contributed by atoms with Gasteiger partial charge in [-0.15, -0.1) is 0 Å². The molecule has 17 heavy (non-hydrogen) atoms. The summed E-state index contributed by atoms with van der Waals surface area (Å²) in [5, 5.41) is 10.1. The maximum Gasteiger partial charge on any atom is 0.162 e. The molecule has 0 bridgehead atoms. The van der Waals surface area contributed by atoms with E-state index in [1.807, 2.05) is 24.3 Å². The summed E-state index contributed by atoms with van der Waals surface area (Å²) in [6.45, 7) is 0. The zero-order chi connectivity index (χ0) is 12.0. The van der Waals surface area contributed by atoms with E-state index in [9.17, 15) is 5.11 Å². The fraction of sp³-hybridized carbons (Fsp3) is 0. The summed E-state index contributed by atoms with van der Waals surface area (Å²) in [5.74, 6) is -0.0388. The number of rotatable bonds is 0. The van der Waals surface area contributed by atoms with E-state index in [-0.39, 0.29) is 10.8 Å². The van der Waals surface area contributed by atoms with Gasteiger partial charge in [-0.1, -0.05) is 23.7 Å². The molecule has 0 aliphatic carbocycles. The van der Waals surface area contributed by atoms with Gasteiger partial charge in [-0.3, -0.25) is 0 Å². The van der Waals surface area contributed by atoms with Crippen LogP contribution in [0, 0.1) is 0 Å². The summed E-state index contributed by atoms with van der Waals surface area (Å²) in [7, 11) is 0. The lowest BCUT2D eigenvalue weighted by molar-refractivity contribution is 0.480. The zero-order valence-corrected chi connectivity index (χ0v) is 10.8. The molecule has 3 aromatic rings. The van der Waals surface area contributed by atoms with Crippen LogP contribution >= 0.6 is 27.5 Å². The Morgan fingerprint density at radius 2 is 1.65 bits per heavy atom. The van der Waals surface area contributed by atoms with Gasteiger partial charge in [0.25, 0.3) is 0 Å². The smallest absolute Gasteiger partial charge is 0.162 e. The lowest BCUT2D eigenvalue weighted by Crippen LogP contribution is -1.89. The van der Waals surface area contributed by atoms with E-state index in [4.69, 9.17) is 11.6 Å². The van der Waals surface area contributed by atoms with Crippen molar-refractivity contribution in [3.05, 3.63) is 39.8 Å². The SMILES string of the molecule is Oc1c(Cl)cc(Br)c2nc3ccccc3nc12. The Labute approximate surface area is 110 Å². The number of hydrogen-bond donors (Lipinski definition) is 1. The molecular weight excluding hydrogens is 304 g/mol. The van der Waals surface area contributed by atoms with Crippen molar-refractivity contribution in [2.45, 2.75) is 0 Å². The Bertz CT molecular complexity index is 745. The first kappa shape index (κ1) is 10.7. The van der Waals surface area contributed by atoms with Crippen molar-refractivity contribution in [3.63, 3.8) is 0 Å². The van der Waals surface area contributed by atoms with Gasteiger partial charge in [0, 0.05) is 4.47 Å². The number of phenols is 1. The molecule has 5 heteroatoms. The monoisotopic (exact) mass is 308 g/mol. The van der Waals surface area contributed by atoms with Crippen LogP contribution in [0.1, 0.15) is 0 Å². The minimum Gasteiger partial charge on any atom is -0.504 e. The van der Waals surface area contributed by atoms with Crippen molar-refractivity contribution in [3.8, 4) is 5.75 Å². The van der Waals surface area contributed by atoms with Crippen LogP contribution in [-0.2, 0) is 0 Å². The maximum atomic E-state index is 9.89.